The van der Waals surface area contributed by atoms with Gasteiger partial charge in [0.15, 0.2) is 17.5 Å². The van der Waals surface area contributed by atoms with E-state index in [1.807, 2.05) is 49.9 Å². The van der Waals surface area contributed by atoms with E-state index in [2.05, 4.69) is 20.3 Å². The van der Waals surface area contributed by atoms with Crippen LogP contribution in [0.4, 0.5) is 16.0 Å². The molecule has 1 atom stereocenters. The number of aryl methyl sites for hydroxylation is 2. The quantitative estimate of drug-likeness (QED) is 0.377. The largest absolute Gasteiger partial charge is 0.369 e. The lowest BCUT2D eigenvalue weighted by Crippen LogP contribution is -2.43. The van der Waals surface area contributed by atoms with Gasteiger partial charge in [-0.2, -0.15) is 10.2 Å². The van der Waals surface area contributed by atoms with Gasteiger partial charge in [0.05, 0.1) is 29.5 Å². The van der Waals surface area contributed by atoms with E-state index in [0.29, 0.717) is 36.0 Å². The van der Waals surface area contributed by atoms with Gasteiger partial charge in [0.1, 0.15) is 5.82 Å². The monoisotopic (exact) mass is 502 g/mol. The number of nitrogens with one attached hydrogen (secondary N) is 1. The molecule has 1 fully saturated rings. The van der Waals surface area contributed by atoms with Gasteiger partial charge in [-0.15, -0.1) is 0 Å². The molecule has 0 unspecified atom stereocenters. The maximum absolute atomic E-state index is 13.4. The van der Waals surface area contributed by atoms with Gasteiger partial charge in [-0.1, -0.05) is 25.3 Å². The number of carbonyl (C=O) groups is 1. The van der Waals surface area contributed by atoms with Crippen molar-refractivity contribution in [1.82, 2.24) is 29.9 Å². The predicted molar refractivity (Wildman–Crippen MR) is 138 cm³/mol. The number of anilines is 2. The lowest BCUT2D eigenvalue weighted by atomic mass is 9.71. The first-order valence-corrected chi connectivity index (χ1v) is 12.5. The Bertz CT molecular complexity index is 1400. The molecule has 1 saturated carbocycles. The third-order valence-corrected chi connectivity index (χ3v) is 7.24. The summed E-state index contributed by atoms with van der Waals surface area (Å²) in [4.78, 5) is 24.3. The van der Waals surface area contributed by atoms with Crippen LogP contribution >= 0.6 is 0 Å². The van der Waals surface area contributed by atoms with Crippen molar-refractivity contribution in [2.75, 3.05) is 4.90 Å². The number of aromatic nitrogens is 6. The van der Waals surface area contributed by atoms with Crippen molar-refractivity contribution in [2.24, 2.45) is 5.73 Å². The SMILES string of the molecule is Cc1cc(N(c2cc(C)[nH]n2)[C@@H](C)c2ccc(-n3cc(F)cn3)nc2)nc(C2(C(N)=O)CCCCC2)c1. The molecule has 0 aliphatic heterocycles. The highest BCUT2D eigenvalue weighted by atomic mass is 19.1. The molecule has 3 N–H and O–H groups in total. The Morgan fingerprint density at radius 1 is 1.14 bits per heavy atom. The topological polar surface area (TPSA) is 119 Å². The third-order valence-electron chi connectivity index (χ3n) is 7.24. The van der Waals surface area contributed by atoms with Gasteiger partial charge in [-0.3, -0.25) is 9.89 Å². The van der Waals surface area contributed by atoms with Crippen molar-refractivity contribution in [3.63, 3.8) is 0 Å². The van der Waals surface area contributed by atoms with Gasteiger partial charge in [0.2, 0.25) is 5.91 Å². The van der Waals surface area contributed by atoms with Crippen LogP contribution in [0, 0.1) is 19.7 Å². The van der Waals surface area contributed by atoms with Crippen LogP contribution in [-0.2, 0) is 10.2 Å². The van der Waals surface area contributed by atoms with Crippen LogP contribution in [-0.4, -0.2) is 35.9 Å². The number of hydrogen-bond acceptors (Lipinski definition) is 6. The van der Waals surface area contributed by atoms with Crippen LogP contribution in [0.15, 0.2) is 48.9 Å². The summed E-state index contributed by atoms with van der Waals surface area (Å²) in [5.74, 6) is 1.15. The van der Waals surface area contributed by atoms with Gasteiger partial charge in [-0.05, 0) is 62.9 Å². The van der Waals surface area contributed by atoms with Crippen molar-refractivity contribution >= 4 is 17.5 Å². The maximum atomic E-state index is 13.4. The molecule has 4 aromatic rings. The predicted octanol–water partition coefficient (Wildman–Crippen LogP) is 4.73. The van der Waals surface area contributed by atoms with E-state index in [4.69, 9.17) is 10.7 Å². The molecule has 9 nitrogen and oxygen atoms in total. The van der Waals surface area contributed by atoms with E-state index in [1.54, 1.807) is 12.3 Å². The molecule has 5 rings (SSSR count). The number of amides is 1. The fourth-order valence-electron chi connectivity index (χ4n) is 5.20. The standard InChI is InChI=1S/C27H31FN8O/c1-17-11-22(27(26(29)37)9-5-4-6-10-27)32-24(12-17)36(25-13-18(2)33-34-25)19(3)20-7-8-23(30-14-20)35-16-21(28)15-31-35/h7-8,11-16,19H,4-6,9-10H2,1-3H3,(H2,29,37)(H,33,34)/t19-/m0/s1. The Morgan fingerprint density at radius 2 is 1.92 bits per heavy atom. The molecule has 0 spiro atoms. The van der Waals surface area contributed by atoms with Crippen LogP contribution in [0.5, 0.6) is 0 Å². The van der Waals surface area contributed by atoms with Crippen LogP contribution in [0.2, 0.25) is 0 Å². The Balaban J connectivity index is 1.57. The Morgan fingerprint density at radius 3 is 2.51 bits per heavy atom. The molecule has 0 aromatic carbocycles. The molecule has 192 valence electrons. The number of nitrogens with zero attached hydrogens (tertiary/aromatic N) is 6. The van der Waals surface area contributed by atoms with Crippen molar-refractivity contribution < 1.29 is 9.18 Å². The summed E-state index contributed by atoms with van der Waals surface area (Å²) in [5, 5.41) is 11.5. The number of hydrogen-bond donors (Lipinski definition) is 2. The number of halogens is 1. The van der Waals surface area contributed by atoms with Gasteiger partial charge >= 0.3 is 0 Å². The molecule has 10 heteroatoms. The van der Waals surface area contributed by atoms with Crippen LogP contribution in [0.25, 0.3) is 5.82 Å². The van der Waals surface area contributed by atoms with E-state index in [1.165, 1.54) is 10.9 Å². The minimum absolute atomic E-state index is 0.211. The van der Waals surface area contributed by atoms with E-state index in [-0.39, 0.29) is 11.9 Å². The lowest BCUT2D eigenvalue weighted by Gasteiger charge is -2.35. The van der Waals surface area contributed by atoms with Crippen LogP contribution in [0.1, 0.15) is 67.6 Å². The smallest absolute Gasteiger partial charge is 0.229 e. The number of H-pyrrole nitrogens is 1. The highest BCUT2D eigenvalue weighted by Gasteiger charge is 2.41. The zero-order valence-corrected chi connectivity index (χ0v) is 21.3. The average molecular weight is 503 g/mol. The number of primary amides is 1. The zero-order chi connectivity index (χ0) is 26.2. The Kier molecular flexibility index (Phi) is 6.49. The second-order valence-corrected chi connectivity index (χ2v) is 9.90. The summed E-state index contributed by atoms with van der Waals surface area (Å²) in [6.45, 7) is 5.99. The third kappa shape index (κ3) is 4.71. The van der Waals surface area contributed by atoms with Crippen molar-refractivity contribution in [3.05, 3.63) is 77.3 Å². The second kappa shape index (κ2) is 9.76. The Labute approximate surface area is 214 Å². The molecular formula is C27H31FN8O. The molecule has 0 bridgehead atoms. The highest BCUT2D eigenvalue weighted by molar-refractivity contribution is 5.86. The summed E-state index contributed by atoms with van der Waals surface area (Å²) in [7, 11) is 0. The highest BCUT2D eigenvalue weighted by Crippen LogP contribution is 2.41. The number of carbonyl (C=O) groups excluding carboxylic acids is 1. The van der Waals surface area contributed by atoms with Gasteiger partial charge in [-0.25, -0.2) is 19.0 Å². The minimum atomic E-state index is -0.766. The normalized spacial score (nSPS) is 15.9. The van der Waals surface area contributed by atoms with Gasteiger partial charge in [0.25, 0.3) is 0 Å². The summed E-state index contributed by atoms with van der Waals surface area (Å²) >= 11 is 0. The zero-order valence-electron chi connectivity index (χ0n) is 21.3. The molecule has 37 heavy (non-hydrogen) atoms. The first-order chi connectivity index (χ1) is 17.8. The molecule has 4 heterocycles. The molecule has 1 aliphatic rings. The van der Waals surface area contributed by atoms with Crippen molar-refractivity contribution in [3.8, 4) is 5.82 Å². The number of rotatable bonds is 7. The van der Waals surface area contributed by atoms with Crippen molar-refractivity contribution in [1.29, 1.82) is 0 Å². The molecule has 0 saturated heterocycles. The molecule has 0 radical (unpaired) electrons. The molecule has 1 amide bonds. The molecule has 4 aromatic heterocycles. The second-order valence-electron chi connectivity index (χ2n) is 9.90. The van der Waals surface area contributed by atoms with Gasteiger partial charge < -0.3 is 10.6 Å². The summed E-state index contributed by atoms with van der Waals surface area (Å²) < 4.78 is 14.8. The lowest BCUT2D eigenvalue weighted by molar-refractivity contribution is -0.124. The minimum Gasteiger partial charge on any atom is -0.369 e. The molecule has 1 aliphatic carbocycles. The number of aromatic amines is 1. The van der Waals surface area contributed by atoms with E-state index >= 15 is 0 Å². The average Bonchev–Trinajstić information content (AvgIpc) is 3.52. The van der Waals surface area contributed by atoms with Crippen LogP contribution < -0.4 is 10.6 Å². The van der Waals surface area contributed by atoms with Crippen LogP contribution in [0.3, 0.4) is 0 Å². The number of nitrogens with two attached hydrogens (primary N) is 1. The van der Waals surface area contributed by atoms with Gasteiger partial charge in [0, 0.05) is 18.0 Å². The fourth-order valence-corrected chi connectivity index (χ4v) is 5.20. The summed E-state index contributed by atoms with van der Waals surface area (Å²) in [6.07, 6.45) is 8.57. The Hall–Kier alpha value is -4.08. The van der Waals surface area contributed by atoms with E-state index < -0.39 is 11.2 Å². The van der Waals surface area contributed by atoms with E-state index in [0.717, 1.165) is 42.3 Å². The maximum Gasteiger partial charge on any atom is 0.229 e. The first kappa shape index (κ1) is 24.6. The number of pyridine rings is 2. The van der Waals surface area contributed by atoms with Crippen molar-refractivity contribution in [2.45, 2.75) is 64.3 Å². The summed E-state index contributed by atoms with van der Waals surface area (Å²) in [6, 6.07) is 9.46. The first-order valence-electron chi connectivity index (χ1n) is 12.5. The molecular weight excluding hydrogens is 471 g/mol. The summed E-state index contributed by atoms with van der Waals surface area (Å²) in [5.41, 5.74) is 8.75. The fraction of sp³-hybridized carbons (Fsp3) is 0.370. The van der Waals surface area contributed by atoms with E-state index in [9.17, 15) is 9.18 Å².